The zero-order valence-corrected chi connectivity index (χ0v) is 17.6. The quantitative estimate of drug-likeness (QED) is 0.510. The van der Waals surface area contributed by atoms with Crippen LogP contribution in [0.3, 0.4) is 0 Å². The summed E-state index contributed by atoms with van der Waals surface area (Å²) in [5.74, 6) is -2.36. The molecule has 2 N–H and O–H groups in total. The van der Waals surface area contributed by atoms with E-state index in [2.05, 4.69) is 21.2 Å². The average Bonchev–Trinajstić information content (AvgIpc) is 2.67. The summed E-state index contributed by atoms with van der Waals surface area (Å²) >= 11 is 3.27. The van der Waals surface area contributed by atoms with E-state index in [0.29, 0.717) is 21.5 Å². The fourth-order valence-corrected chi connectivity index (χ4v) is 3.30. The summed E-state index contributed by atoms with van der Waals surface area (Å²) in [5.41, 5.74) is 2.54. The molecule has 1 aliphatic rings. The highest BCUT2D eigenvalue weighted by atomic mass is 79.9. The highest BCUT2D eigenvalue weighted by molar-refractivity contribution is 9.10. The molecule has 0 saturated carbocycles. The number of carboxylic acids is 1. The van der Waals surface area contributed by atoms with E-state index in [1.807, 2.05) is 13.8 Å². The summed E-state index contributed by atoms with van der Waals surface area (Å²) in [6.45, 7) is 3.26. The summed E-state index contributed by atoms with van der Waals surface area (Å²) in [5, 5.41) is 10.9. The number of amides is 4. The average molecular weight is 473 g/mol. The van der Waals surface area contributed by atoms with E-state index < -0.39 is 30.4 Å². The first-order valence-corrected chi connectivity index (χ1v) is 9.59. The van der Waals surface area contributed by atoms with Gasteiger partial charge >= 0.3 is 12.0 Å². The topological polar surface area (TPSA) is 113 Å². The number of barbiturate groups is 1. The molecule has 8 nitrogen and oxygen atoms in total. The number of aliphatic carboxylic acids is 1. The lowest BCUT2D eigenvalue weighted by molar-refractivity contribution is -0.139. The van der Waals surface area contributed by atoms with Crippen LogP contribution in [0, 0.1) is 13.8 Å². The van der Waals surface area contributed by atoms with Crippen LogP contribution in [0.15, 0.2) is 46.4 Å². The lowest BCUT2D eigenvalue weighted by Crippen LogP contribution is -2.54. The predicted molar refractivity (Wildman–Crippen MR) is 112 cm³/mol. The lowest BCUT2D eigenvalue weighted by atomic mass is 10.1. The largest absolute Gasteiger partial charge is 0.481 e. The molecule has 30 heavy (non-hydrogen) atoms. The standard InChI is InChI=1S/C21H17BrN2O6/c1-11-3-5-14(7-12(11)2)24-20(28)15(19(27)23-21(24)29)8-13-4-6-17(16(22)9-13)30-10-18(25)26/h3-9H,10H2,1-2H3,(H,25,26)(H,23,27,29)/b15-8+. The Kier molecular flexibility index (Phi) is 6.02. The van der Waals surface area contributed by atoms with Crippen molar-refractivity contribution in [3.8, 4) is 5.75 Å². The molecule has 0 radical (unpaired) electrons. The third kappa shape index (κ3) is 4.41. The number of halogens is 1. The van der Waals surface area contributed by atoms with Crippen molar-refractivity contribution < 1.29 is 29.0 Å². The first kappa shape index (κ1) is 21.3. The number of ether oxygens (including phenoxy) is 1. The van der Waals surface area contributed by atoms with Gasteiger partial charge in [0.25, 0.3) is 11.8 Å². The van der Waals surface area contributed by atoms with Gasteiger partial charge in [-0.2, -0.15) is 0 Å². The van der Waals surface area contributed by atoms with Crippen LogP contribution in [0.5, 0.6) is 5.75 Å². The van der Waals surface area contributed by atoms with Crippen molar-refractivity contribution >= 4 is 51.5 Å². The summed E-state index contributed by atoms with van der Waals surface area (Å²) in [6.07, 6.45) is 1.35. The van der Waals surface area contributed by atoms with Gasteiger partial charge in [-0.3, -0.25) is 14.9 Å². The summed E-state index contributed by atoms with van der Waals surface area (Å²) < 4.78 is 5.58. The molecular weight excluding hydrogens is 456 g/mol. The minimum absolute atomic E-state index is 0.209. The Bertz CT molecular complexity index is 1110. The van der Waals surface area contributed by atoms with Gasteiger partial charge < -0.3 is 9.84 Å². The van der Waals surface area contributed by atoms with Crippen molar-refractivity contribution in [3.63, 3.8) is 0 Å². The number of aryl methyl sites for hydroxylation is 2. The molecular formula is C21H17BrN2O6. The van der Waals surface area contributed by atoms with Crippen LogP contribution >= 0.6 is 15.9 Å². The SMILES string of the molecule is Cc1ccc(N2C(=O)NC(=O)/C(=C\c3ccc(OCC(=O)O)c(Br)c3)C2=O)cc1C. The van der Waals surface area contributed by atoms with Gasteiger partial charge in [-0.05, 0) is 76.8 Å². The van der Waals surface area contributed by atoms with Crippen LogP contribution in [0.1, 0.15) is 16.7 Å². The van der Waals surface area contributed by atoms with Crippen molar-refractivity contribution in [1.82, 2.24) is 5.32 Å². The Balaban J connectivity index is 1.93. The first-order valence-electron chi connectivity index (χ1n) is 8.80. The molecule has 1 heterocycles. The molecule has 0 aromatic heterocycles. The molecule has 4 amide bonds. The van der Waals surface area contributed by atoms with Gasteiger partial charge in [-0.1, -0.05) is 12.1 Å². The van der Waals surface area contributed by atoms with Gasteiger partial charge in [0, 0.05) is 0 Å². The molecule has 2 aromatic rings. The van der Waals surface area contributed by atoms with Crippen molar-refractivity contribution in [2.24, 2.45) is 0 Å². The van der Waals surface area contributed by atoms with Crippen LogP contribution in [-0.2, 0) is 14.4 Å². The zero-order valence-electron chi connectivity index (χ0n) is 16.1. The summed E-state index contributed by atoms with van der Waals surface area (Å²) in [4.78, 5) is 49.1. The van der Waals surface area contributed by atoms with Gasteiger partial charge in [0.2, 0.25) is 0 Å². The monoisotopic (exact) mass is 472 g/mol. The van der Waals surface area contributed by atoms with Crippen molar-refractivity contribution in [3.05, 3.63) is 63.1 Å². The number of benzene rings is 2. The lowest BCUT2D eigenvalue weighted by Gasteiger charge is -2.26. The summed E-state index contributed by atoms with van der Waals surface area (Å²) in [7, 11) is 0. The van der Waals surface area contributed by atoms with Gasteiger partial charge in [0.15, 0.2) is 6.61 Å². The number of hydrogen-bond acceptors (Lipinski definition) is 5. The molecule has 0 aliphatic carbocycles. The molecule has 3 rings (SSSR count). The van der Waals surface area contributed by atoms with Crippen molar-refractivity contribution in [1.29, 1.82) is 0 Å². The molecule has 0 atom stereocenters. The van der Waals surface area contributed by atoms with Crippen LogP contribution in [0.2, 0.25) is 0 Å². The van der Waals surface area contributed by atoms with Crippen molar-refractivity contribution in [2.75, 3.05) is 11.5 Å². The summed E-state index contributed by atoms with van der Waals surface area (Å²) in [6, 6.07) is 8.95. The van der Waals surface area contributed by atoms with E-state index >= 15 is 0 Å². The second-order valence-corrected chi connectivity index (χ2v) is 7.45. The van der Waals surface area contributed by atoms with E-state index in [4.69, 9.17) is 9.84 Å². The molecule has 9 heteroatoms. The van der Waals surface area contributed by atoms with Gasteiger partial charge in [0.1, 0.15) is 11.3 Å². The molecule has 1 aliphatic heterocycles. The number of hydrogen-bond donors (Lipinski definition) is 2. The maximum absolute atomic E-state index is 13.0. The Morgan fingerprint density at radius 1 is 1.13 bits per heavy atom. The number of imide groups is 2. The van der Waals surface area contributed by atoms with Gasteiger partial charge in [0.05, 0.1) is 10.2 Å². The van der Waals surface area contributed by atoms with Crippen LogP contribution < -0.4 is 15.0 Å². The molecule has 0 spiro atoms. The van der Waals surface area contributed by atoms with Crippen LogP contribution in [-0.4, -0.2) is 35.5 Å². The zero-order chi connectivity index (χ0) is 22.0. The number of anilines is 1. The molecule has 2 aromatic carbocycles. The fourth-order valence-electron chi connectivity index (χ4n) is 2.79. The van der Waals surface area contributed by atoms with E-state index in [0.717, 1.165) is 16.0 Å². The third-order valence-electron chi connectivity index (χ3n) is 4.47. The second-order valence-electron chi connectivity index (χ2n) is 6.60. The maximum atomic E-state index is 13.0. The number of nitrogens with one attached hydrogen (secondary N) is 1. The third-order valence-corrected chi connectivity index (χ3v) is 5.09. The minimum Gasteiger partial charge on any atom is -0.481 e. The number of nitrogens with zero attached hydrogens (tertiary/aromatic N) is 1. The number of urea groups is 1. The van der Waals surface area contributed by atoms with E-state index in [1.165, 1.54) is 12.1 Å². The number of rotatable bonds is 5. The van der Waals surface area contributed by atoms with Crippen molar-refractivity contribution in [2.45, 2.75) is 13.8 Å². The predicted octanol–water partition coefficient (Wildman–Crippen LogP) is 3.20. The number of carboxylic acid groups (broad SMARTS) is 1. The van der Waals surface area contributed by atoms with Crippen LogP contribution in [0.25, 0.3) is 6.08 Å². The molecule has 154 valence electrons. The second kappa shape index (κ2) is 8.50. The smallest absolute Gasteiger partial charge is 0.341 e. The number of carbonyl (C=O) groups is 4. The first-order chi connectivity index (χ1) is 14.2. The highest BCUT2D eigenvalue weighted by Gasteiger charge is 2.36. The highest BCUT2D eigenvalue weighted by Crippen LogP contribution is 2.28. The fraction of sp³-hybridized carbons (Fsp3) is 0.143. The van der Waals surface area contributed by atoms with E-state index in [1.54, 1.807) is 30.3 Å². The van der Waals surface area contributed by atoms with Crippen LogP contribution in [0.4, 0.5) is 10.5 Å². The Morgan fingerprint density at radius 3 is 2.50 bits per heavy atom. The normalized spacial score (nSPS) is 15.4. The van der Waals surface area contributed by atoms with E-state index in [-0.39, 0.29) is 5.57 Å². The maximum Gasteiger partial charge on any atom is 0.341 e. The Morgan fingerprint density at radius 2 is 1.87 bits per heavy atom. The molecule has 0 unspecified atom stereocenters. The van der Waals surface area contributed by atoms with Gasteiger partial charge in [-0.15, -0.1) is 0 Å². The Labute approximate surface area is 180 Å². The van der Waals surface area contributed by atoms with Gasteiger partial charge in [-0.25, -0.2) is 14.5 Å². The molecule has 1 saturated heterocycles. The van der Waals surface area contributed by atoms with E-state index in [9.17, 15) is 19.2 Å². The molecule has 0 bridgehead atoms. The molecule has 1 fully saturated rings. The Hall–Kier alpha value is -3.46. The number of carbonyl (C=O) groups excluding carboxylic acids is 3. The minimum atomic E-state index is -1.12.